The van der Waals surface area contributed by atoms with Crippen molar-refractivity contribution in [3.8, 4) is 5.75 Å². The van der Waals surface area contributed by atoms with Crippen LogP contribution in [0.5, 0.6) is 5.75 Å². The molecule has 220 valence electrons. The molecule has 0 saturated heterocycles. The van der Waals surface area contributed by atoms with Crippen LogP contribution in [0.15, 0.2) is 60.8 Å². The lowest BCUT2D eigenvalue weighted by Crippen LogP contribution is -2.31. The summed E-state index contributed by atoms with van der Waals surface area (Å²) < 4.78 is 5.40. The lowest BCUT2D eigenvalue weighted by Gasteiger charge is -2.17. The van der Waals surface area contributed by atoms with E-state index in [1.165, 1.54) is 25.4 Å². The third kappa shape index (κ3) is 9.62. The Hall–Kier alpha value is -5.46. The molecular weight excluding hydrogens is 544 g/mol. The number of nitrogens with two attached hydrogens (primary N) is 1. The fourth-order valence-corrected chi connectivity index (χ4v) is 3.93. The van der Waals surface area contributed by atoms with Crippen molar-refractivity contribution in [2.24, 2.45) is 5.73 Å². The summed E-state index contributed by atoms with van der Waals surface area (Å²) in [6.07, 6.45) is 0.588. The zero-order valence-corrected chi connectivity index (χ0v) is 23.1. The average Bonchev–Trinajstić information content (AvgIpc) is 2.93. The van der Waals surface area contributed by atoms with Crippen molar-refractivity contribution < 1.29 is 33.8 Å². The quantitative estimate of drug-likeness (QED) is 0.178. The Kier molecular flexibility index (Phi) is 10.9. The number of nitrogens with one attached hydrogen (secondary N) is 4. The Morgan fingerprint density at radius 1 is 0.929 bits per heavy atom. The molecule has 1 atom stereocenters. The van der Waals surface area contributed by atoms with Crippen LogP contribution in [-0.4, -0.2) is 46.9 Å². The minimum atomic E-state index is -1.14. The topological polar surface area (TPSA) is 202 Å². The van der Waals surface area contributed by atoms with Crippen molar-refractivity contribution in [2.75, 3.05) is 23.1 Å². The molecule has 13 nitrogen and oxygen atoms in total. The van der Waals surface area contributed by atoms with E-state index in [0.717, 1.165) is 5.56 Å². The standard InChI is InChI=1S/C29H32N6O7/c1-17-5-3-4-6-20(17)33-29(41)34-21-9-7-18(13-23(21)42-2)14-27(38)35-25-11-8-19(16-31-25)22(15-28(39)40)32-26(37)12-10-24(30)36/h3-9,11,13,16,22H,10,12,14-15H2,1-2H3,(H2,30,36)(H,32,37)(H,39,40)(H,31,35,38)(H2,33,34,41). The number of urea groups is 1. The summed E-state index contributed by atoms with van der Waals surface area (Å²) in [5.41, 5.74) is 8.08. The number of aromatic nitrogens is 1. The van der Waals surface area contributed by atoms with Gasteiger partial charge in [-0.05, 0) is 47.9 Å². The molecule has 1 heterocycles. The zero-order valence-electron chi connectivity index (χ0n) is 23.1. The molecule has 3 rings (SSSR count). The number of methoxy groups -OCH3 is 1. The molecule has 42 heavy (non-hydrogen) atoms. The van der Waals surface area contributed by atoms with Gasteiger partial charge in [0.15, 0.2) is 0 Å². The van der Waals surface area contributed by atoms with Gasteiger partial charge in [0.1, 0.15) is 11.6 Å². The fourth-order valence-electron chi connectivity index (χ4n) is 3.93. The molecular formula is C29H32N6O7. The normalized spacial score (nSPS) is 11.1. The van der Waals surface area contributed by atoms with Crippen LogP contribution in [0, 0.1) is 6.92 Å². The van der Waals surface area contributed by atoms with Crippen molar-refractivity contribution >= 4 is 46.9 Å². The molecule has 5 amide bonds. The molecule has 0 spiro atoms. The lowest BCUT2D eigenvalue weighted by atomic mass is 10.1. The number of amides is 5. The van der Waals surface area contributed by atoms with Crippen molar-refractivity contribution in [2.45, 2.75) is 38.6 Å². The highest BCUT2D eigenvalue weighted by molar-refractivity contribution is 6.01. The molecule has 1 aromatic heterocycles. The van der Waals surface area contributed by atoms with E-state index in [9.17, 15) is 29.1 Å². The molecule has 2 aromatic carbocycles. The van der Waals surface area contributed by atoms with Crippen LogP contribution in [0.2, 0.25) is 0 Å². The van der Waals surface area contributed by atoms with E-state index < -0.39 is 36.3 Å². The lowest BCUT2D eigenvalue weighted by molar-refractivity contribution is -0.138. The smallest absolute Gasteiger partial charge is 0.323 e. The second kappa shape index (κ2) is 14.8. The number of aliphatic carboxylic acids is 1. The molecule has 0 aliphatic carbocycles. The fraction of sp³-hybridized carbons (Fsp3) is 0.241. The van der Waals surface area contributed by atoms with Gasteiger partial charge >= 0.3 is 12.0 Å². The van der Waals surface area contributed by atoms with Gasteiger partial charge in [-0.2, -0.15) is 0 Å². The SMILES string of the molecule is COc1cc(CC(=O)Nc2ccc(C(CC(=O)O)NC(=O)CCC(N)=O)cn2)ccc1NC(=O)Nc1ccccc1C. The molecule has 1 unspecified atom stereocenters. The number of carboxylic acids is 1. The van der Waals surface area contributed by atoms with Gasteiger partial charge in [-0.1, -0.05) is 30.3 Å². The van der Waals surface area contributed by atoms with E-state index in [2.05, 4.69) is 26.3 Å². The van der Waals surface area contributed by atoms with E-state index in [4.69, 9.17) is 10.5 Å². The monoisotopic (exact) mass is 576 g/mol. The Morgan fingerprint density at radius 2 is 1.67 bits per heavy atom. The molecule has 0 radical (unpaired) electrons. The van der Waals surface area contributed by atoms with E-state index in [1.807, 2.05) is 25.1 Å². The Labute approximate surface area is 241 Å². The summed E-state index contributed by atoms with van der Waals surface area (Å²) in [6.45, 7) is 1.88. The number of hydrogen-bond acceptors (Lipinski definition) is 7. The number of carboxylic acid groups (broad SMARTS) is 1. The van der Waals surface area contributed by atoms with Crippen molar-refractivity contribution in [3.63, 3.8) is 0 Å². The number of carbonyl (C=O) groups is 5. The molecule has 0 saturated carbocycles. The van der Waals surface area contributed by atoms with Crippen LogP contribution in [0.3, 0.4) is 0 Å². The summed E-state index contributed by atoms with van der Waals surface area (Å²) in [5.74, 6) is -2.11. The molecule has 7 N–H and O–H groups in total. The van der Waals surface area contributed by atoms with Gasteiger partial charge in [0.25, 0.3) is 0 Å². The van der Waals surface area contributed by atoms with E-state index in [-0.39, 0.29) is 31.0 Å². The second-order valence-corrected chi connectivity index (χ2v) is 9.31. The van der Waals surface area contributed by atoms with Crippen LogP contribution < -0.4 is 31.7 Å². The Balaban J connectivity index is 1.60. The molecule has 0 fully saturated rings. The predicted molar refractivity (Wildman–Crippen MR) is 155 cm³/mol. The molecule has 0 aliphatic heterocycles. The molecule has 3 aromatic rings. The first-order valence-electron chi connectivity index (χ1n) is 12.9. The first-order chi connectivity index (χ1) is 20.0. The van der Waals surface area contributed by atoms with Gasteiger partial charge in [-0.3, -0.25) is 19.2 Å². The summed E-state index contributed by atoms with van der Waals surface area (Å²) in [7, 11) is 1.45. The Bertz CT molecular complexity index is 1460. The highest BCUT2D eigenvalue weighted by Gasteiger charge is 2.19. The predicted octanol–water partition coefficient (Wildman–Crippen LogP) is 3.12. The maximum Gasteiger partial charge on any atom is 0.323 e. The average molecular weight is 577 g/mol. The maximum absolute atomic E-state index is 12.7. The van der Waals surface area contributed by atoms with Crippen LogP contribution >= 0.6 is 0 Å². The molecule has 0 bridgehead atoms. The first-order valence-corrected chi connectivity index (χ1v) is 12.9. The summed E-state index contributed by atoms with van der Waals surface area (Å²) in [4.78, 5) is 63.6. The van der Waals surface area contributed by atoms with Crippen molar-refractivity contribution in [3.05, 3.63) is 77.5 Å². The number of para-hydroxylation sites is 1. The zero-order chi connectivity index (χ0) is 30.6. The number of rotatable bonds is 13. The third-order valence-electron chi connectivity index (χ3n) is 6.04. The van der Waals surface area contributed by atoms with Crippen LogP contribution in [0.1, 0.15) is 42.0 Å². The number of primary amides is 1. The summed E-state index contributed by atoms with van der Waals surface area (Å²) in [6, 6.07) is 14.0. The number of aryl methyl sites for hydroxylation is 1. The van der Waals surface area contributed by atoms with Gasteiger partial charge in [0.05, 0.1) is 31.7 Å². The van der Waals surface area contributed by atoms with Gasteiger partial charge in [-0.25, -0.2) is 9.78 Å². The largest absolute Gasteiger partial charge is 0.495 e. The minimum Gasteiger partial charge on any atom is -0.495 e. The maximum atomic E-state index is 12.7. The van der Waals surface area contributed by atoms with Gasteiger partial charge in [0.2, 0.25) is 17.7 Å². The van der Waals surface area contributed by atoms with Gasteiger partial charge in [0, 0.05) is 24.7 Å². The number of benzene rings is 2. The van der Waals surface area contributed by atoms with E-state index >= 15 is 0 Å². The van der Waals surface area contributed by atoms with Crippen molar-refractivity contribution in [1.29, 1.82) is 0 Å². The number of ether oxygens (including phenoxy) is 1. The Morgan fingerprint density at radius 3 is 2.31 bits per heavy atom. The molecule has 13 heteroatoms. The highest BCUT2D eigenvalue weighted by Crippen LogP contribution is 2.26. The number of pyridine rings is 1. The number of carbonyl (C=O) groups excluding carboxylic acids is 4. The van der Waals surface area contributed by atoms with E-state index in [1.54, 1.807) is 24.3 Å². The summed E-state index contributed by atoms with van der Waals surface area (Å²) >= 11 is 0. The third-order valence-corrected chi connectivity index (χ3v) is 6.04. The van der Waals surface area contributed by atoms with E-state index in [0.29, 0.717) is 28.3 Å². The number of nitrogens with zero attached hydrogens (tertiary/aromatic N) is 1. The van der Waals surface area contributed by atoms with Crippen LogP contribution in [0.4, 0.5) is 22.0 Å². The highest BCUT2D eigenvalue weighted by atomic mass is 16.5. The summed E-state index contributed by atoms with van der Waals surface area (Å²) in [5, 5.41) is 20.0. The number of hydrogen-bond donors (Lipinski definition) is 6. The van der Waals surface area contributed by atoms with Crippen molar-refractivity contribution in [1.82, 2.24) is 10.3 Å². The second-order valence-electron chi connectivity index (χ2n) is 9.31. The minimum absolute atomic E-state index is 0.0208. The first kappa shape index (κ1) is 31.1. The van der Waals surface area contributed by atoms with Gasteiger partial charge in [-0.15, -0.1) is 0 Å². The van der Waals surface area contributed by atoms with Gasteiger partial charge < -0.3 is 36.8 Å². The van der Waals surface area contributed by atoms with Crippen LogP contribution in [0.25, 0.3) is 0 Å². The number of anilines is 3. The van der Waals surface area contributed by atoms with Crippen LogP contribution in [-0.2, 0) is 25.6 Å². The molecule has 0 aliphatic rings.